The zero-order chi connectivity index (χ0) is 14.9. The van der Waals surface area contributed by atoms with E-state index in [-0.39, 0.29) is 0 Å². The Balaban J connectivity index is 1.82. The molecule has 0 amide bonds. The zero-order valence-corrected chi connectivity index (χ0v) is 13.5. The van der Waals surface area contributed by atoms with Crippen LogP contribution < -0.4 is 5.32 Å². The average molecular weight is 322 g/mol. The van der Waals surface area contributed by atoms with Crippen molar-refractivity contribution in [3.05, 3.63) is 34.7 Å². The number of rotatable bonds is 3. The second-order valence-corrected chi connectivity index (χ2v) is 8.30. The van der Waals surface area contributed by atoms with Crippen molar-refractivity contribution in [1.82, 2.24) is 10.3 Å². The highest BCUT2D eigenvalue weighted by molar-refractivity contribution is 7.90. The van der Waals surface area contributed by atoms with Crippen LogP contribution in [-0.2, 0) is 9.84 Å². The zero-order valence-electron chi connectivity index (χ0n) is 11.9. The predicted molar refractivity (Wildman–Crippen MR) is 85.5 cm³/mol. The summed E-state index contributed by atoms with van der Waals surface area (Å²) in [7, 11) is -3.14. The Morgan fingerprint density at radius 2 is 1.86 bits per heavy atom. The van der Waals surface area contributed by atoms with Gasteiger partial charge < -0.3 is 5.32 Å². The van der Waals surface area contributed by atoms with Crippen LogP contribution in [0.3, 0.4) is 0 Å². The maximum Gasteiger partial charge on any atom is 0.175 e. The third kappa shape index (κ3) is 3.33. The number of piperidine rings is 1. The normalized spacial score (nSPS) is 17.0. The topological polar surface area (TPSA) is 59.1 Å². The molecule has 0 radical (unpaired) electrons. The lowest BCUT2D eigenvalue weighted by Gasteiger charge is -2.20. The van der Waals surface area contributed by atoms with E-state index in [1.165, 1.54) is 11.3 Å². The molecule has 0 aliphatic carbocycles. The molecule has 1 aliphatic rings. The first-order valence-electron chi connectivity index (χ1n) is 7.01. The van der Waals surface area contributed by atoms with Crippen LogP contribution >= 0.6 is 11.3 Å². The SMILES string of the molecule is CS(=O)(=O)c1ccc(-c2csc(C3CCNCC3)n2)cc1. The largest absolute Gasteiger partial charge is 0.317 e. The number of benzene rings is 1. The lowest BCUT2D eigenvalue weighted by atomic mass is 9.99. The van der Waals surface area contributed by atoms with E-state index < -0.39 is 9.84 Å². The van der Waals surface area contributed by atoms with Crippen LogP contribution in [0.25, 0.3) is 11.3 Å². The van der Waals surface area contributed by atoms with E-state index in [1.807, 2.05) is 12.1 Å². The van der Waals surface area contributed by atoms with Crippen LogP contribution in [0.2, 0.25) is 0 Å². The van der Waals surface area contributed by atoms with Crippen LogP contribution in [-0.4, -0.2) is 32.7 Å². The van der Waals surface area contributed by atoms with Crippen LogP contribution in [0.15, 0.2) is 34.5 Å². The Morgan fingerprint density at radius 1 is 1.19 bits per heavy atom. The highest BCUT2D eigenvalue weighted by Crippen LogP contribution is 2.31. The van der Waals surface area contributed by atoms with Gasteiger partial charge in [-0.1, -0.05) is 12.1 Å². The molecule has 0 atom stereocenters. The summed E-state index contributed by atoms with van der Waals surface area (Å²) < 4.78 is 22.9. The molecule has 0 saturated carbocycles. The second-order valence-electron chi connectivity index (χ2n) is 5.39. The van der Waals surface area contributed by atoms with Gasteiger partial charge in [-0.15, -0.1) is 11.3 Å². The van der Waals surface area contributed by atoms with Gasteiger partial charge in [-0.2, -0.15) is 0 Å². The monoisotopic (exact) mass is 322 g/mol. The third-order valence-electron chi connectivity index (χ3n) is 3.79. The van der Waals surface area contributed by atoms with Crippen molar-refractivity contribution in [2.75, 3.05) is 19.3 Å². The Bertz CT molecular complexity index is 714. The number of hydrogen-bond donors (Lipinski definition) is 1. The fourth-order valence-electron chi connectivity index (χ4n) is 2.55. The molecule has 0 spiro atoms. The first kappa shape index (κ1) is 14.7. The van der Waals surface area contributed by atoms with Gasteiger partial charge in [0.25, 0.3) is 0 Å². The van der Waals surface area contributed by atoms with E-state index in [0.717, 1.165) is 37.2 Å². The molecule has 1 aromatic carbocycles. The Labute approximate surface area is 129 Å². The van der Waals surface area contributed by atoms with Crippen molar-refractivity contribution in [3.63, 3.8) is 0 Å². The number of sulfone groups is 1. The van der Waals surface area contributed by atoms with Gasteiger partial charge in [0.15, 0.2) is 9.84 Å². The van der Waals surface area contributed by atoms with Crippen LogP contribution in [0.5, 0.6) is 0 Å². The van der Waals surface area contributed by atoms with E-state index in [1.54, 1.807) is 23.5 Å². The van der Waals surface area contributed by atoms with E-state index >= 15 is 0 Å². The third-order valence-corrected chi connectivity index (χ3v) is 5.92. The van der Waals surface area contributed by atoms with Gasteiger partial charge in [0.05, 0.1) is 15.6 Å². The van der Waals surface area contributed by atoms with Crippen molar-refractivity contribution in [2.45, 2.75) is 23.7 Å². The number of hydrogen-bond acceptors (Lipinski definition) is 5. The molecular weight excluding hydrogens is 304 g/mol. The van der Waals surface area contributed by atoms with E-state index in [0.29, 0.717) is 10.8 Å². The summed E-state index contributed by atoms with van der Waals surface area (Å²) in [5.41, 5.74) is 1.91. The molecule has 4 nitrogen and oxygen atoms in total. The molecule has 1 saturated heterocycles. The molecular formula is C15H18N2O2S2. The van der Waals surface area contributed by atoms with Gasteiger partial charge in [0, 0.05) is 23.1 Å². The number of nitrogens with one attached hydrogen (secondary N) is 1. The first-order valence-corrected chi connectivity index (χ1v) is 9.78. The summed E-state index contributed by atoms with van der Waals surface area (Å²) in [4.78, 5) is 5.08. The van der Waals surface area contributed by atoms with Crippen molar-refractivity contribution >= 4 is 21.2 Å². The Morgan fingerprint density at radius 3 is 2.48 bits per heavy atom. The molecule has 1 aliphatic heterocycles. The van der Waals surface area contributed by atoms with Crippen molar-refractivity contribution < 1.29 is 8.42 Å². The number of thiazole rings is 1. The second kappa shape index (κ2) is 5.87. The first-order chi connectivity index (χ1) is 10.0. The van der Waals surface area contributed by atoms with E-state index in [4.69, 9.17) is 4.98 Å². The fourth-order valence-corrected chi connectivity index (χ4v) is 4.18. The molecule has 112 valence electrons. The summed E-state index contributed by atoms with van der Waals surface area (Å²) in [5, 5.41) is 6.62. The summed E-state index contributed by atoms with van der Waals surface area (Å²) in [5.74, 6) is 0.556. The highest BCUT2D eigenvalue weighted by Gasteiger charge is 2.18. The molecule has 1 fully saturated rings. The van der Waals surface area contributed by atoms with E-state index in [2.05, 4.69) is 10.7 Å². The molecule has 3 rings (SSSR count). The molecule has 0 bridgehead atoms. The summed E-state index contributed by atoms with van der Waals surface area (Å²) in [6.45, 7) is 2.12. The standard InChI is InChI=1S/C15H18N2O2S2/c1-21(18,19)13-4-2-11(3-5-13)14-10-20-15(17-14)12-6-8-16-9-7-12/h2-5,10,12,16H,6-9H2,1H3. The molecule has 2 heterocycles. The molecule has 21 heavy (non-hydrogen) atoms. The van der Waals surface area contributed by atoms with Crippen LogP contribution in [0.4, 0.5) is 0 Å². The lowest BCUT2D eigenvalue weighted by Crippen LogP contribution is -2.26. The summed E-state index contributed by atoms with van der Waals surface area (Å²) >= 11 is 1.70. The van der Waals surface area contributed by atoms with Crippen molar-refractivity contribution in [1.29, 1.82) is 0 Å². The van der Waals surface area contributed by atoms with Gasteiger partial charge in [0.2, 0.25) is 0 Å². The maximum absolute atomic E-state index is 11.5. The highest BCUT2D eigenvalue weighted by atomic mass is 32.2. The predicted octanol–water partition coefficient (Wildman–Crippen LogP) is 2.68. The molecule has 1 aromatic heterocycles. The summed E-state index contributed by atoms with van der Waals surface area (Å²) in [6, 6.07) is 6.96. The van der Waals surface area contributed by atoms with Crippen LogP contribution in [0, 0.1) is 0 Å². The van der Waals surface area contributed by atoms with Gasteiger partial charge in [-0.25, -0.2) is 13.4 Å². The Kier molecular flexibility index (Phi) is 4.10. The average Bonchev–Trinajstić information content (AvgIpc) is 2.97. The van der Waals surface area contributed by atoms with Gasteiger partial charge in [0.1, 0.15) is 0 Å². The van der Waals surface area contributed by atoms with Crippen molar-refractivity contribution in [3.8, 4) is 11.3 Å². The quantitative estimate of drug-likeness (QED) is 0.944. The maximum atomic E-state index is 11.5. The fraction of sp³-hybridized carbons (Fsp3) is 0.400. The smallest absolute Gasteiger partial charge is 0.175 e. The molecule has 1 N–H and O–H groups in total. The summed E-state index contributed by atoms with van der Waals surface area (Å²) in [6.07, 6.45) is 3.50. The minimum absolute atomic E-state index is 0.347. The number of nitrogens with zero attached hydrogens (tertiary/aromatic N) is 1. The molecule has 2 aromatic rings. The van der Waals surface area contributed by atoms with Gasteiger partial charge >= 0.3 is 0 Å². The number of aromatic nitrogens is 1. The minimum atomic E-state index is -3.14. The van der Waals surface area contributed by atoms with Crippen LogP contribution in [0.1, 0.15) is 23.8 Å². The van der Waals surface area contributed by atoms with E-state index in [9.17, 15) is 8.42 Å². The Hall–Kier alpha value is -1.24. The molecule has 6 heteroatoms. The van der Waals surface area contributed by atoms with Gasteiger partial charge in [-0.3, -0.25) is 0 Å². The lowest BCUT2D eigenvalue weighted by molar-refractivity contribution is 0.459. The minimum Gasteiger partial charge on any atom is -0.317 e. The van der Waals surface area contributed by atoms with Crippen molar-refractivity contribution in [2.24, 2.45) is 0 Å². The van der Waals surface area contributed by atoms with Gasteiger partial charge in [-0.05, 0) is 38.1 Å². The molecule has 0 unspecified atom stereocenters.